The summed E-state index contributed by atoms with van der Waals surface area (Å²) in [6, 6.07) is 18.5. The standard InChI is InChI=1S/C24H19BrN2O4S2/c1-3-30-22(29)15-9-11-16(12-10-15)26-24-27(2)21(28)20(33-24)14-17-13-19(25)23(31-17)32-18-7-5-4-6-8-18/h4-14H,3H2,1-2H3/b20-14-,26-24?. The van der Waals surface area contributed by atoms with Crippen LogP contribution in [0.25, 0.3) is 6.08 Å². The summed E-state index contributed by atoms with van der Waals surface area (Å²) in [6.45, 7) is 2.08. The first-order valence-corrected chi connectivity index (χ1v) is 12.4. The van der Waals surface area contributed by atoms with Crippen LogP contribution >= 0.6 is 39.5 Å². The molecule has 0 bridgehead atoms. The molecule has 0 atom stereocenters. The predicted molar refractivity (Wildman–Crippen MR) is 135 cm³/mol. The number of thioether (sulfide) groups is 1. The van der Waals surface area contributed by atoms with Gasteiger partial charge in [-0.15, -0.1) is 0 Å². The van der Waals surface area contributed by atoms with Crippen molar-refractivity contribution in [1.82, 2.24) is 4.90 Å². The summed E-state index contributed by atoms with van der Waals surface area (Å²) in [5.74, 6) is 0.0372. The number of esters is 1. The Labute approximate surface area is 208 Å². The lowest BCUT2D eigenvalue weighted by Gasteiger charge is -2.07. The molecule has 6 nitrogen and oxygen atoms in total. The fraction of sp³-hybridized carbons (Fsp3) is 0.125. The van der Waals surface area contributed by atoms with Crippen LogP contribution < -0.4 is 0 Å². The summed E-state index contributed by atoms with van der Waals surface area (Å²) >= 11 is 6.30. The molecule has 33 heavy (non-hydrogen) atoms. The number of ether oxygens (including phenoxy) is 1. The Balaban J connectivity index is 1.51. The predicted octanol–water partition coefficient (Wildman–Crippen LogP) is 6.60. The van der Waals surface area contributed by atoms with Crippen LogP contribution in [0.1, 0.15) is 23.0 Å². The second-order valence-corrected chi connectivity index (χ2v) is 9.75. The van der Waals surface area contributed by atoms with Gasteiger partial charge < -0.3 is 9.15 Å². The molecule has 0 spiro atoms. The summed E-state index contributed by atoms with van der Waals surface area (Å²) in [4.78, 5) is 32.2. The van der Waals surface area contributed by atoms with E-state index in [9.17, 15) is 9.59 Å². The van der Waals surface area contributed by atoms with E-state index < -0.39 is 0 Å². The van der Waals surface area contributed by atoms with Crippen LogP contribution in [0.15, 0.2) is 89.4 Å². The van der Waals surface area contributed by atoms with E-state index in [1.807, 2.05) is 36.4 Å². The number of hydrogen-bond donors (Lipinski definition) is 0. The molecule has 0 saturated carbocycles. The van der Waals surface area contributed by atoms with E-state index >= 15 is 0 Å². The average Bonchev–Trinajstić information content (AvgIpc) is 3.28. The number of rotatable bonds is 6. The van der Waals surface area contributed by atoms with Gasteiger partial charge in [-0.05, 0) is 77.1 Å². The Morgan fingerprint density at radius 2 is 1.94 bits per heavy atom. The molecule has 4 rings (SSSR count). The van der Waals surface area contributed by atoms with Gasteiger partial charge in [0.15, 0.2) is 10.3 Å². The van der Waals surface area contributed by atoms with Crippen LogP contribution in [0.2, 0.25) is 0 Å². The summed E-state index contributed by atoms with van der Waals surface area (Å²) < 4.78 is 11.8. The summed E-state index contributed by atoms with van der Waals surface area (Å²) in [5.41, 5.74) is 1.09. The van der Waals surface area contributed by atoms with Gasteiger partial charge in [0.1, 0.15) is 5.76 Å². The van der Waals surface area contributed by atoms with Crippen molar-refractivity contribution in [2.24, 2.45) is 4.99 Å². The van der Waals surface area contributed by atoms with E-state index in [0.717, 1.165) is 9.37 Å². The van der Waals surface area contributed by atoms with Crippen molar-refractivity contribution < 1.29 is 18.7 Å². The molecule has 2 heterocycles. The number of carbonyl (C=O) groups is 2. The summed E-state index contributed by atoms with van der Waals surface area (Å²) in [6.07, 6.45) is 1.72. The maximum Gasteiger partial charge on any atom is 0.338 e. The van der Waals surface area contributed by atoms with Gasteiger partial charge >= 0.3 is 5.97 Å². The van der Waals surface area contributed by atoms with E-state index in [1.165, 1.54) is 28.4 Å². The van der Waals surface area contributed by atoms with Crippen molar-refractivity contribution in [2.75, 3.05) is 13.7 Å². The lowest BCUT2D eigenvalue weighted by Crippen LogP contribution is -2.23. The number of furan rings is 1. The van der Waals surface area contributed by atoms with Crippen LogP contribution in [-0.4, -0.2) is 35.6 Å². The van der Waals surface area contributed by atoms with Gasteiger partial charge in [-0.1, -0.05) is 30.0 Å². The minimum atomic E-state index is -0.376. The molecule has 0 radical (unpaired) electrons. The highest BCUT2D eigenvalue weighted by atomic mass is 79.9. The molecular weight excluding hydrogens is 524 g/mol. The van der Waals surface area contributed by atoms with Crippen molar-refractivity contribution in [3.63, 3.8) is 0 Å². The van der Waals surface area contributed by atoms with Crippen LogP contribution in [0.5, 0.6) is 0 Å². The molecule has 1 aliphatic rings. The highest BCUT2D eigenvalue weighted by molar-refractivity contribution is 9.10. The van der Waals surface area contributed by atoms with Gasteiger partial charge in [0.05, 0.1) is 27.2 Å². The summed E-state index contributed by atoms with van der Waals surface area (Å²) in [7, 11) is 1.68. The normalized spacial score (nSPS) is 16.1. The van der Waals surface area contributed by atoms with Crippen LogP contribution in [0.4, 0.5) is 5.69 Å². The molecule has 9 heteroatoms. The van der Waals surface area contributed by atoms with E-state index in [1.54, 1.807) is 44.3 Å². The molecule has 0 N–H and O–H groups in total. The molecular formula is C24H19BrN2O4S2. The molecule has 1 aliphatic heterocycles. The van der Waals surface area contributed by atoms with Crippen LogP contribution in [-0.2, 0) is 9.53 Å². The van der Waals surface area contributed by atoms with Crippen LogP contribution in [0, 0.1) is 0 Å². The monoisotopic (exact) mass is 542 g/mol. The van der Waals surface area contributed by atoms with Crippen molar-refractivity contribution >= 4 is 68.3 Å². The molecule has 0 unspecified atom stereocenters. The minimum absolute atomic E-state index is 0.160. The second-order valence-electron chi connectivity index (χ2n) is 6.84. The Bertz CT molecular complexity index is 1240. The van der Waals surface area contributed by atoms with E-state index in [2.05, 4.69) is 20.9 Å². The third kappa shape index (κ3) is 5.61. The smallest absolute Gasteiger partial charge is 0.338 e. The van der Waals surface area contributed by atoms with E-state index in [0.29, 0.717) is 38.8 Å². The molecule has 1 aromatic heterocycles. The van der Waals surface area contributed by atoms with Crippen LogP contribution in [0.3, 0.4) is 0 Å². The largest absolute Gasteiger partial charge is 0.462 e. The van der Waals surface area contributed by atoms with Crippen molar-refractivity contribution in [1.29, 1.82) is 0 Å². The zero-order chi connectivity index (χ0) is 23.4. The first kappa shape index (κ1) is 23.4. The Hall–Kier alpha value is -2.75. The fourth-order valence-corrected chi connectivity index (χ4v) is 5.20. The summed E-state index contributed by atoms with van der Waals surface area (Å²) in [5, 5.41) is 1.26. The van der Waals surface area contributed by atoms with Gasteiger partial charge in [0, 0.05) is 18.0 Å². The SMILES string of the molecule is CCOC(=O)c1ccc(N=C2S/C(=C\c3cc(Br)c(Sc4ccccc4)o3)C(=O)N2C)cc1. The first-order valence-electron chi connectivity index (χ1n) is 10.0. The number of halogens is 1. The molecule has 0 aliphatic carbocycles. The number of aliphatic imine (C=N–C) groups is 1. The van der Waals surface area contributed by atoms with Crippen molar-refractivity contribution in [3.05, 3.63) is 81.4 Å². The maximum atomic E-state index is 12.7. The maximum absolute atomic E-state index is 12.7. The average molecular weight is 543 g/mol. The molecule has 1 saturated heterocycles. The fourth-order valence-electron chi connectivity index (χ4n) is 2.88. The lowest BCUT2D eigenvalue weighted by molar-refractivity contribution is -0.121. The van der Waals surface area contributed by atoms with Gasteiger partial charge in [0.2, 0.25) is 0 Å². The second kappa shape index (κ2) is 10.5. The highest BCUT2D eigenvalue weighted by Crippen LogP contribution is 2.38. The first-order chi connectivity index (χ1) is 15.9. The number of amidine groups is 1. The van der Waals surface area contributed by atoms with Crippen molar-refractivity contribution in [2.45, 2.75) is 16.9 Å². The molecule has 1 amide bonds. The topological polar surface area (TPSA) is 72.1 Å². The number of nitrogens with zero attached hydrogens (tertiary/aromatic N) is 2. The van der Waals surface area contributed by atoms with Gasteiger partial charge in [-0.25, -0.2) is 9.79 Å². The highest BCUT2D eigenvalue weighted by Gasteiger charge is 2.31. The Morgan fingerprint density at radius 1 is 1.21 bits per heavy atom. The van der Waals surface area contributed by atoms with Gasteiger partial charge in [-0.3, -0.25) is 9.69 Å². The number of amides is 1. The zero-order valence-corrected chi connectivity index (χ0v) is 21.0. The minimum Gasteiger partial charge on any atom is -0.462 e. The van der Waals surface area contributed by atoms with E-state index in [4.69, 9.17) is 9.15 Å². The van der Waals surface area contributed by atoms with Gasteiger partial charge in [0.25, 0.3) is 5.91 Å². The quantitative estimate of drug-likeness (QED) is 0.258. The Morgan fingerprint density at radius 3 is 2.64 bits per heavy atom. The van der Waals surface area contributed by atoms with E-state index in [-0.39, 0.29) is 11.9 Å². The molecule has 168 valence electrons. The number of likely N-dealkylation sites (N-methyl/N-ethyl adjacent to an activating group) is 1. The molecule has 2 aromatic carbocycles. The number of benzene rings is 2. The number of hydrogen-bond acceptors (Lipinski definition) is 7. The van der Waals surface area contributed by atoms with Gasteiger partial charge in [-0.2, -0.15) is 0 Å². The zero-order valence-electron chi connectivity index (χ0n) is 17.8. The third-order valence-electron chi connectivity index (χ3n) is 4.51. The molecule has 1 fully saturated rings. The lowest BCUT2D eigenvalue weighted by atomic mass is 10.2. The molecule has 3 aromatic rings. The van der Waals surface area contributed by atoms with Crippen molar-refractivity contribution in [3.8, 4) is 0 Å². The Kier molecular flexibility index (Phi) is 7.42. The third-order valence-corrected chi connectivity index (χ3v) is 7.42. The number of carbonyl (C=O) groups excluding carboxylic acids is 2.